The molecule has 1 fully saturated rings. The number of methoxy groups -OCH3 is 1. The van der Waals surface area contributed by atoms with Crippen molar-refractivity contribution < 1.29 is 19.0 Å². The molecule has 0 radical (unpaired) electrons. The zero-order valence-corrected chi connectivity index (χ0v) is 15.1. The van der Waals surface area contributed by atoms with Gasteiger partial charge in [-0.05, 0) is 30.2 Å². The Hall–Kier alpha value is -2.05. The third-order valence-electron chi connectivity index (χ3n) is 3.91. The van der Waals surface area contributed by atoms with Crippen LogP contribution in [0, 0.1) is 0 Å². The normalized spacial score (nSPS) is 15.3. The van der Waals surface area contributed by atoms with Crippen molar-refractivity contribution in [1.82, 2.24) is 10.2 Å². The highest BCUT2D eigenvalue weighted by atomic mass is 16.5. The second-order valence-electron chi connectivity index (χ2n) is 5.84. The Labute approximate surface area is 149 Å². The summed E-state index contributed by atoms with van der Waals surface area (Å²) in [6.07, 6.45) is 4.26. The highest BCUT2D eigenvalue weighted by Crippen LogP contribution is 2.28. The van der Waals surface area contributed by atoms with E-state index in [4.69, 9.17) is 14.2 Å². The van der Waals surface area contributed by atoms with Gasteiger partial charge in [0.05, 0.1) is 26.9 Å². The first kappa shape index (κ1) is 19.3. The van der Waals surface area contributed by atoms with Crippen LogP contribution < -0.4 is 14.8 Å². The first-order valence-corrected chi connectivity index (χ1v) is 8.79. The van der Waals surface area contributed by atoms with Crippen LogP contribution in [0.1, 0.15) is 18.9 Å². The number of carbonyl (C=O) groups excluding carboxylic acids is 1. The Kier molecular flexibility index (Phi) is 8.28. The lowest BCUT2D eigenvalue weighted by Gasteiger charge is -2.26. The Morgan fingerprint density at radius 2 is 2.12 bits per heavy atom. The lowest BCUT2D eigenvalue weighted by Crippen LogP contribution is -2.41. The summed E-state index contributed by atoms with van der Waals surface area (Å²) in [5, 5.41) is 2.90. The first-order valence-electron chi connectivity index (χ1n) is 8.79. The average molecular weight is 348 g/mol. The number of benzene rings is 1. The fourth-order valence-electron chi connectivity index (χ4n) is 2.51. The number of nitrogens with zero attached hydrogens (tertiary/aromatic N) is 1. The number of hydrogen-bond acceptors (Lipinski definition) is 5. The summed E-state index contributed by atoms with van der Waals surface area (Å²) in [5.74, 6) is 1.29. The van der Waals surface area contributed by atoms with E-state index in [0.29, 0.717) is 18.9 Å². The van der Waals surface area contributed by atoms with Gasteiger partial charge in [-0.1, -0.05) is 13.0 Å². The summed E-state index contributed by atoms with van der Waals surface area (Å²) >= 11 is 0. The number of carbonyl (C=O) groups is 1. The van der Waals surface area contributed by atoms with Gasteiger partial charge in [0.15, 0.2) is 11.5 Å². The van der Waals surface area contributed by atoms with Gasteiger partial charge in [-0.2, -0.15) is 0 Å². The van der Waals surface area contributed by atoms with Crippen molar-refractivity contribution in [2.24, 2.45) is 0 Å². The van der Waals surface area contributed by atoms with Gasteiger partial charge in [-0.15, -0.1) is 0 Å². The van der Waals surface area contributed by atoms with Crippen molar-refractivity contribution in [3.05, 3.63) is 29.8 Å². The highest BCUT2D eigenvalue weighted by Gasteiger charge is 2.09. The molecule has 1 N–H and O–H groups in total. The molecule has 0 atom stereocenters. The molecule has 0 bridgehead atoms. The molecule has 25 heavy (non-hydrogen) atoms. The molecule has 0 aliphatic carbocycles. The Morgan fingerprint density at radius 1 is 1.32 bits per heavy atom. The topological polar surface area (TPSA) is 60.0 Å². The fourth-order valence-corrected chi connectivity index (χ4v) is 2.51. The molecule has 1 heterocycles. The van der Waals surface area contributed by atoms with E-state index in [1.54, 1.807) is 19.3 Å². The summed E-state index contributed by atoms with van der Waals surface area (Å²) in [6.45, 7) is 7.59. The van der Waals surface area contributed by atoms with Crippen LogP contribution in [0.25, 0.3) is 6.08 Å². The van der Waals surface area contributed by atoms with Crippen LogP contribution in [0.15, 0.2) is 24.3 Å². The predicted octanol–water partition coefficient (Wildman–Crippen LogP) is 1.95. The number of morpholine rings is 1. The van der Waals surface area contributed by atoms with Gasteiger partial charge in [0, 0.05) is 32.3 Å². The van der Waals surface area contributed by atoms with Gasteiger partial charge in [0.2, 0.25) is 5.91 Å². The summed E-state index contributed by atoms with van der Waals surface area (Å²) in [6, 6.07) is 5.64. The van der Waals surface area contributed by atoms with E-state index < -0.39 is 0 Å². The molecular formula is C19H28N2O4. The fraction of sp³-hybridized carbons (Fsp3) is 0.526. The van der Waals surface area contributed by atoms with E-state index in [1.807, 2.05) is 18.2 Å². The number of rotatable bonds is 9. The maximum absolute atomic E-state index is 11.9. The Bertz CT molecular complexity index is 569. The molecular weight excluding hydrogens is 320 g/mol. The molecule has 1 saturated heterocycles. The van der Waals surface area contributed by atoms with E-state index in [-0.39, 0.29) is 5.91 Å². The third-order valence-corrected chi connectivity index (χ3v) is 3.91. The van der Waals surface area contributed by atoms with Gasteiger partial charge in [-0.25, -0.2) is 0 Å². The van der Waals surface area contributed by atoms with Gasteiger partial charge in [0.25, 0.3) is 0 Å². The molecule has 6 nitrogen and oxygen atoms in total. The molecule has 0 saturated carbocycles. The minimum Gasteiger partial charge on any atom is -0.493 e. The minimum atomic E-state index is -0.0986. The Balaban J connectivity index is 1.80. The van der Waals surface area contributed by atoms with Gasteiger partial charge >= 0.3 is 0 Å². The van der Waals surface area contributed by atoms with Crippen LogP contribution in [0.4, 0.5) is 0 Å². The largest absolute Gasteiger partial charge is 0.493 e. The molecule has 0 unspecified atom stereocenters. The second kappa shape index (κ2) is 10.7. The van der Waals surface area contributed by atoms with E-state index >= 15 is 0 Å². The summed E-state index contributed by atoms with van der Waals surface area (Å²) in [7, 11) is 1.61. The zero-order chi connectivity index (χ0) is 17.9. The van der Waals surface area contributed by atoms with Gasteiger partial charge in [-0.3, -0.25) is 9.69 Å². The molecule has 0 aromatic heterocycles. The van der Waals surface area contributed by atoms with Crippen LogP contribution in [-0.4, -0.2) is 63.9 Å². The summed E-state index contributed by atoms with van der Waals surface area (Å²) in [4.78, 5) is 14.2. The maximum Gasteiger partial charge on any atom is 0.244 e. The predicted molar refractivity (Wildman–Crippen MR) is 98.1 cm³/mol. The first-order chi connectivity index (χ1) is 12.2. The van der Waals surface area contributed by atoms with Crippen LogP contribution in [0.2, 0.25) is 0 Å². The average Bonchev–Trinajstić information content (AvgIpc) is 2.65. The standard InChI is InChI=1S/C19H28N2O4/c1-3-12-25-17-6-4-16(15-18(17)23-2)5-7-19(22)20-8-9-21-10-13-24-14-11-21/h4-7,15H,3,8-14H2,1-2H3,(H,20,22)/b7-5+. The van der Waals surface area contributed by atoms with Crippen molar-refractivity contribution in [2.45, 2.75) is 13.3 Å². The molecule has 2 rings (SSSR count). The van der Waals surface area contributed by atoms with Crippen molar-refractivity contribution in [1.29, 1.82) is 0 Å². The van der Waals surface area contributed by atoms with Crippen molar-refractivity contribution in [2.75, 3.05) is 53.1 Å². The van der Waals surface area contributed by atoms with E-state index in [9.17, 15) is 4.79 Å². The summed E-state index contributed by atoms with van der Waals surface area (Å²) in [5.41, 5.74) is 0.893. The van der Waals surface area contributed by atoms with Gasteiger partial charge < -0.3 is 19.5 Å². The van der Waals surface area contributed by atoms with Crippen LogP contribution >= 0.6 is 0 Å². The molecule has 1 aliphatic heterocycles. The number of nitrogens with one attached hydrogen (secondary N) is 1. The second-order valence-corrected chi connectivity index (χ2v) is 5.84. The smallest absolute Gasteiger partial charge is 0.244 e. The zero-order valence-electron chi connectivity index (χ0n) is 15.1. The summed E-state index contributed by atoms with van der Waals surface area (Å²) < 4.78 is 16.3. The van der Waals surface area contributed by atoms with Crippen LogP contribution in [0.3, 0.4) is 0 Å². The SMILES string of the molecule is CCCOc1ccc(/C=C/C(=O)NCCN2CCOCC2)cc1OC. The third kappa shape index (κ3) is 6.76. The molecule has 6 heteroatoms. The number of ether oxygens (including phenoxy) is 3. The lowest BCUT2D eigenvalue weighted by atomic mass is 10.2. The molecule has 1 aromatic rings. The highest BCUT2D eigenvalue weighted by molar-refractivity contribution is 5.91. The van der Waals surface area contributed by atoms with Crippen molar-refractivity contribution in [3.8, 4) is 11.5 Å². The number of amides is 1. The van der Waals surface area contributed by atoms with Crippen molar-refractivity contribution >= 4 is 12.0 Å². The van der Waals surface area contributed by atoms with Crippen molar-refractivity contribution in [3.63, 3.8) is 0 Å². The van der Waals surface area contributed by atoms with E-state index in [1.165, 1.54) is 0 Å². The van der Waals surface area contributed by atoms with Gasteiger partial charge in [0.1, 0.15) is 0 Å². The lowest BCUT2D eigenvalue weighted by molar-refractivity contribution is -0.116. The maximum atomic E-state index is 11.9. The molecule has 1 aromatic carbocycles. The minimum absolute atomic E-state index is 0.0986. The number of hydrogen-bond donors (Lipinski definition) is 1. The van der Waals surface area contributed by atoms with E-state index in [0.717, 1.165) is 50.6 Å². The molecule has 1 amide bonds. The molecule has 138 valence electrons. The van der Waals surface area contributed by atoms with Crippen LogP contribution in [-0.2, 0) is 9.53 Å². The quantitative estimate of drug-likeness (QED) is 0.691. The molecule has 1 aliphatic rings. The molecule has 0 spiro atoms. The van der Waals surface area contributed by atoms with Crippen LogP contribution in [0.5, 0.6) is 11.5 Å². The Morgan fingerprint density at radius 3 is 2.84 bits per heavy atom. The monoisotopic (exact) mass is 348 g/mol. The van der Waals surface area contributed by atoms with E-state index in [2.05, 4.69) is 17.1 Å².